The first-order valence-electron chi connectivity index (χ1n) is 2.69. The van der Waals surface area contributed by atoms with Gasteiger partial charge in [0.1, 0.15) is 0 Å². The van der Waals surface area contributed by atoms with Crippen molar-refractivity contribution < 1.29 is 17.3 Å². The van der Waals surface area contributed by atoms with E-state index in [4.69, 9.17) is 21.3 Å². The van der Waals surface area contributed by atoms with Crippen LogP contribution in [0.2, 0.25) is 5.02 Å². The fourth-order valence-electron chi connectivity index (χ4n) is 0.488. The van der Waals surface area contributed by atoms with Crippen molar-refractivity contribution in [3.63, 3.8) is 0 Å². The first kappa shape index (κ1) is 10.4. The van der Waals surface area contributed by atoms with Crippen LogP contribution in [-0.4, -0.2) is 0 Å². The molecule has 0 radical (unpaired) electrons. The van der Waals surface area contributed by atoms with Crippen LogP contribution in [0.3, 0.4) is 0 Å². The van der Waals surface area contributed by atoms with E-state index in [-0.39, 0.29) is 0 Å². The summed E-state index contributed by atoms with van der Waals surface area (Å²) in [5, 5.41) is 0.785. The van der Waals surface area contributed by atoms with Crippen LogP contribution in [0.4, 0.5) is 0 Å². The first-order valence-corrected chi connectivity index (χ1v) is 6.97. The molecule has 10 heavy (non-hydrogen) atoms. The predicted molar refractivity (Wildman–Crippen MR) is 40.9 cm³/mol. The molecule has 50 valence electrons. The Morgan fingerprint density at radius 1 is 1.50 bits per heavy atom. The molecule has 0 N–H and O–H groups in total. The zero-order valence-corrected chi connectivity index (χ0v) is 10.2. The van der Waals surface area contributed by atoms with Crippen LogP contribution < -0.4 is 0 Å². The number of aryl methyl sites for hydroxylation is 1. The third-order valence-corrected chi connectivity index (χ3v) is 1.42. The fraction of sp³-hybridized carbons (Fsp3) is 0.143. The molecule has 1 aromatic rings. The third kappa shape index (κ3) is 3.56. The summed E-state index contributed by atoms with van der Waals surface area (Å²) in [6.07, 6.45) is 0. The van der Waals surface area contributed by atoms with Gasteiger partial charge in [0.15, 0.2) is 0 Å². The summed E-state index contributed by atoms with van der Waals surface area (Å²) >= 11 is 6.52. The van der Waals surface area contributed by atoms with Gasteiger partial charge in [0, 0.05) is 0 Å². The zero-order valence-electron chi connectivity index (χ0n) is 5.70. The summed E-state index contributed by atoms with van der Waals surface area (Å²) in [5.74, 6) is 0. The minimum atomic E-state index is 0.785. The average Bonchev–Trinajstić information content (AvgIpc) is 2.00. The zero-order chi connectivity index (χ0) is 7.98. The Kier molecular flexibility index (Phi) is 6.41. The molecule has 0 bridgehead atoms. The van der Waals surface area contributed by atoms with Gasteiger partial charge >= 0.3 is 27.0 Å². The van der Waals surface area contributed by atoms with Crippen molar-refractivity contribution in [3.05, 3.63) is 34.9 Å². The van der Waals surface area contributed by atoms with E-state index in [1.807, 2.05) is 19.1 Å². The van der Waals surface area contributed by atoms with Crippen molar-refractivity contribution in [1.82, 2.24) is 0 Å². The molecule has 0 aromatic heterocycles. The van der Waals surface area contributed by atoms with Crippen molar-refractivity contribution >= 4 is 21.3 Å². The molecule has 0 heterocycles. The van der Waals surface area contributed by atoms with Gasteiger partial charge in [-0.05, 0) is 0 Å². The second-order valence-corrected chi connectivity index (χ2v) is 2.08. The van der Waals surface area contributed by atoms with E-state index in [0.29, 0.717) is 0 Å². The van der Waals surface area contributed by atoms with E-state index in [1.54, 1.807) is 6.07 Å². The molecule has 0 saturated heterocycles. The second-order valence-electron chi connectivity index (χ2n) is 1.68. The fourth-order valence-corrected chi connectivity index (χ4v) is 0.614. The molecule has 0 nitrogen and oxygen atoms in total. The van der Waals surface area contributed by atoms with Gasteiger partial charge in [-0.1, -0.05) is 11.9 Å². The quantitative estimate of drug-likeness (QED) is 0.471. The molecule has 0 amide bonds. The minimum absolute atomic E-state index is 0.785. The molecule has 1 rings (SSSR count). The molecular weight excluding hydrogens is 220 g/mol. The molecule has 1 aromatic carbocycles. The average molecular weight is 226 g/mol. The number of benzene rings is 1. The topological polar surface area (TPSA) is 0 Å². The van der Waals surface area contributed by atoms with Crippen molar-refractivity contribution in [2.45, 2.75) is 6.92 Å². The van der Waals surface area contributed by atoms with Gasteiger partial charge in [0.25, 0.3) is 0 Å². The molecular formula is C7H6Cl2Zn. The number of rotatable bonds is 0. The SMILES string of the molecule is Cc1cc[c-]cc1Cl.[Cl][Zn+]. The van der Waals surface area contributed by atoms with Gasteiger partial charge in [-0.3, -0.25) is 0 Å². The van der Waals surface area contributed by atoms with Crippen LogP contribution in [-0.2, 0) is 17.3 Å². The molecule has 0 unspecified atom stereocenters. The molecule has 0 fully saturated rings. The van der Waals surface area contributed by atoms with E-state index in [1.165, 1.54) is 0 Å². The second kappa shape index (κ2) is 6.15. The Morgan fingerprint density at radius 3 is 2.40 bits per heavy atom. The predicted octanol–water partition coefficient (Wildman–Crippen LogP) is 3.14. The van der Waals surface area contributed by atoms with Crippen LogP contribution in [0, 0.1) is 13.0 Å². The summed E-state index contributed by atoms with van der Waals surface area (Å²) in [6, 6.07) is 8.41. The van der Waals surface area contributed by atoms with Crippen LogP contribution in [0.1, 0.15) is 5.56 Å². The third-order valence-electron chi connectivity index (χ3n) is 1.02. The number of hydrogen-bond donors (Lipinski definition) is 0. The van der Waals surface area contributed by atoms with Crippen molar-refractivity contribution in [3.8, 4) is 0 Å². The van der Waals surface area contributed by atoms with Gasteiger partial charge in [0.2, 0.25) is 0 Å². The Labute approximate surface area is 80.3 Å². The molecule has 0 spiro atoms. The van der Waals surface area contributed by atoms with Gasteiger partial charge in [-0.2, -0.15) is 35.9 Å². The normalized spacial score (nSPS) is 8.10. The van der Waals surface area contributed by atoms with Crippen LogP contribution in [0.15, 0.2) is 18.2 Å². The summed E-state index contributed by atoms with van der Waals surface area (Å²) in [6.45, 7) is 1.97. The molecule has 0 aliphatic carbocycles. The molecule has 0 aliphatic heterocycles. The van der Waals surface area contributed by atoms with Crippen LogP contribution >= 0.6 is 21.3 Å². The number of halogens is 2. The first-order chi connectivity index (χ1) is 4.80. The van der Waals surface area contributed by atoms with E-state index < -0.39 is 0 Å². The summed E-state index contributed by atoms with van der Waals surface area (Å²) in [7, 11) is 4.76. The molecule has 0 saturated carbocycles. The maximum absolute atomic E-state index is 5.68. The van der Waals surface area contributed by atoms with Crippen molar-refractivity contribution in [1.29, 1.82) is 0 Å². The summed E-state index contributed by atoms with van der Waals surface area (Å²) in [4.78, 5) is 0. The standard InChI is InChI=1S/C7H6Cl.ClH.Zn/c1-6-4-2-3-5-7(6)8;;/h2,4-5H,1H3;1H;/q-1;;+2/p-1. The van der Waals surface area contributed by atoms with Gasteiger partial charge in [0.05, 0.1) is 0 Å². The van der Waals surface area contributed by atoms with Gasteiger partial charge < -0.3 is 0 Å². The Balaban J connectivity index is 0.000000371. The van der Waals surface area contributed by atoms with Crippen LogP contribution in [0.5, 0.6) is 0 Å². The van der Waals surface area contributed by atoms with Gasteiger partial charge in [-0.15, -0.1) is 5.56 Å². The molecule has 0 atom stereocenters. The Morgan fingerprint density at radius 2 is 2.10 bits per heavy atom. The van der Waals surface area contributed by atoms with E-state index in [2.05, 4.69) is 6.07 Å². The van der Waals surface area contributed by atoms with Crippen molar-refractivity contribution in [2.75, 3.05) is 0 Å². The summed E-state index contributed by atoms with van der Waals surface area (Å²) < 4.78 is 0. The number of hydrogen-bond acceptors (Lipinski definition) is 0. The summed E-state index contributed by atoms with van der Waals surface area (Å²) in [5.41, 5.74) is 1.10. The maximum atomic E-state index is 5.68. The van der Waals surface area contributed by atoms with E-state index in [9.17, 15) is 0 Å². The van der Waals surface area contributed by atoms with Gasteiger partial charge in [-0.25, -0.2) is 0 Å². The molecule has 3 heteroatoms. The van der Waals surface area contributed by atoms with E-state index in [0.717, 1.165) is 27.9 Å². The van der Waals surface area contributed by atoms with E-state index >= 15 is 0 Å². The Bertz CT molecular complexity index is 168. The van der Waals surface area contributed by atoms with Crippen molar-refractivity contribution in [2.24, 2.45) is 0 Å². The monoisotopic (exact) mass is 224 g/mol. The van der Waals surface area contributed by atoms with Crippen LogP contribution in [0.25, 0.3) is 0 Å². The molecule has 0 aliphatic rings. The Hall–Kier alpha value is 0.423.